The summed E-state index contributed by atoms with van der Waals surface area (Å²) >= 11 is 0. The highest BCUT2D eigenvalue weighted by molar-refractivity contribution is 6.13. The number of halogens is 6. The van der Waals surface area contributed by atoms with Gasteiger partial charge >= 0.3 is 12.1 Å². The van der Waals surface area contributed by atoms with Crippen LogP contribution in [0.4, 0.5) is 38.0 Å². The summed E-state index contributed by atoms with van der Waals surface area (Å²) in [7, 11) is 0. The van der Waals surface area contributed by atoms with E-state index in [1.54, 1.807) is 6.92 Å². The monoisotopic (exact) mass is 485 g/mol. The molecule has 0 radical (unpaired) electrons. The smallest absolute Gasteiger partial charge is 0.310 e. The van der Waals surface area contributed by atoms with Crippen LogP contribution in [0.3, 0.4) is 0 Å². The molecule has 178 valence electrons. The molecule has 0 saturated heterocycles. The molecule has 0 aliphatic carbocycles. The Labute approximate surface area is 185 Å². The lowest BCUT2D eigenvalue weighted by molar-refractivity contribution is -0.285. The third-order valence-electron chi connectivity index (χ3n) is 5.78. The molecule has 15 heteroatoms. The number of hydrogen-bond acceptors (Lipinski definition) is 6. The first-order valence-electron chi connectivity index (χ1n) is 9.81. The molecule has 2 aliphatic heterocycles. The number of amides is 2. The summed E-state index contributed by atoms with van der Waals surface area (Å²) in [5.74, 6) is -6.93. The summed E-state index contributed by atoms with van der Waals surface area (Å²) in [5.41, 5.74) is -1.22. The molecule has 3 aromatic heterocycles. The number of hydrogen-bond donors (Lipinski definition) is 2. The largest absolute Gasteiger partial charge is 0.453 e. The number of fused-ring (bicyclic) bond motifs is 1. The molecule has 0 spiro atoms. The Kier molecular flexibility index (Phi) is 4.45. The van der Waals surface area contributed by atoms with Gasteiger partial charge in [0.2, 0.25) is 11.8 Å². The van der Waals surface area contributed by atoms with Crippen LogP contribution in [0.2, 0.25) is 0 Å². The zero-order chi connectivity index (χ0) is 24.6. The van der Waals surface area contributed by atoms with Gasteiger partial charge in [-0.25, -0.2) is 24.0 Å². The van der Waals surface area contributed by atoms with Crippen LogP contribution in [0.1, 0.15) is 25.3 Å². The molecular formula is C19H13F6N7O2. The maximum atomic E-state index is 13.9. The molecule has 3 aromatic rings. The number of nitrogens with one attached hydrogen (secondary N) is 2. The van der Waals surface area contributed by atoms with Crippen molar-refractivity contribution >= 4 is 34.5 Å². The molecule has 34 heavy (non-hydrogen) atoms. The normalized spacial score (nSPS) is 19.9. The van der Waals surface area contributed by atoms with Crippen LogP contribution in [0.25, 0.3) is 22.6 Å². The molecule has 0 aromatic carbocycles. The van der Waals surface area contributed by atoms with Crippen molar-refractivity contribution in [1.82, 2.24) is 24.7 Å². The fourth-order valence-electron chi connectivity index (χ4n) is 4.04. The van der Waals surface area contributed by atoms with Gasteiger partial charge in [-0.1, -0.05) is 0 Å². The van der Waals surface area contributed by atoms with Gasteiger partial charge in [-0.05, 0) is 13.0 Å². The van der Waals surface area contributed by atoms with Crippen molar-refractivity contribution in [3.05, 3.63) is 23.6 Å². The Morgan fingerprint density at radius 3 is 2.47 bits per heavy atom. The average Bonchev–Trinajstić information content (AvgIpc) is 3.20. The average molecular weight is 485 g/mol. The van der Waals surface area contributed by atoms with Crippen molar-refractivity contribution in [1.29, 1.82) is 0 Å². The van der Waals surface area contributed by atoms with Gasteiger partial charge in [-0.15, -0.1) is 0 Å². The first-order chi connectivity index (χ1) is 15.8. The first kappa shape index (κ1) is 22.0. The van der Waals surface area contributed by atoms with E-state index in [-0.39, 0.29) is 40.6 Å². The number of aryl methyl sites for hydroxylation is 1. The van der Waals surface area contributed by atoms with E-state index in [9.17, 15) is 35.9 Å². The Balaban J connectivity index is 1.63. The van der Waals surface area contributed by atoms with Crippen molar-refractivity contribution in [2.24, 2.45) is 0 Å². The third kappa shape index (κ3) is 3.17. The predicted octanol–water partition coefficient (Wildman–Crippen LogP) is 3.17. The molecule has 5 rings (SSSR count). The van der Waals surface area contributed by atoms with Crippen molar-refractivity contribution in [3.8, 4) is 11.5 Å². The Bertz CT molecular complexity index is 1390. The SMILES string of the molecule is C[C@@]12CC(=O)Nc3nc(-c4nn(CCC(F)(F)C(F)(F)F)c5ncc(F)cc45)nc(c31)NC2=O. The summed E-state index contributed by atoms with van der Waals surface area (Å²) in [6.45, 7) is 0.647. The van der Waals surface area contributed by atoms with Crippen molar-refractivity contribution in [2.75, 3.05) is 10.6 Å². The van der Waals surface area contributed by atoms with Gasteiger partial charge in [0.15, 0.2) is 11.5 Å². The Morgan fingerprint density at radius 2 is 1.79 bits per heavy atom. The molecule has 9 nitrogen and oxygen atoms in total. The van der Waals surface area contributed by atoms with Crippen LogP contribution in [0.15, 0.2) is 12.3 Å². The molecule has 5 heterocycles. The van der Waals surface area contributed by atoms with Crippen molar-refractivity contribution in [2.45, 2.75) is 43.8 Å². The number of alkyl halides is 5. The summed E-state index contributed by atoms with van der Waals surface area (Å²) < 4.78 is 79.4. The lowest BCUT2D eigenvalue weighted by atomic mass is 9.79. The van der Waals surface area contributed by atoms with Gasteiger partial charge in [-0.2, -0.15) is 27.1 Å². The highest BCUT2D eigenvalue weighted by Gasteiger charge is 2.57. The van der Waals surface area contributed by atoms with Gasteiger partial charge in [0, 0.05) is 19.4 Å². The van der Waals surface area contributed by atoms with Gasteiger partial charge in [0.1, 0.15) is 23.1 Å². The predicted molar refractivity (Wildman–Crippen MR) is 103 cm³/mol. The summed E-state index contributed by atoms with van der Waals surface area (Å²) in [4.78, 5) is 36.8. The summed E-state index contributed by atoms with van der Waals surface area (Å²) in [6.07, 6.45) is -6.77. The van der Waals surface area contributed by atoms with Crippen molar-refractivity contribution < 1.29 is 35.9 Å². The molecule has 2 N–H and O–H groups in total. The minimum absolute atomic E-state index is 0.00719. The molecule has 1 atom stereocenters. The summed E-state index contributed by atoms with van der Waals surface area (Å²) in [5, 5.41) is 9.03. The van der Waals surface area contributed by atoms with E-state index in [1.165, 1.54) is 0 Å². The minimum Gasteiger partial charge on any atom is -0.310 e. The van der Waals surface area contributed by atoms with E-state index in [1.807, 2.05) is 0 Å². The molecular weight excluding hydrogens is 472 g/mol. The third-order valence-corrected chi connectivity index (χ3v) is 5.78. The second-order valence-electron chi connectivity index (χ2n) is 8.18. The lowest BCUT2D eigenvalue weighted by Gasteiger charge is -2.27. The number of rotatable bonds is 4. The second-order valence-corrected chi connectivity index (χ2v) is 8.18. The highest BCUT2D eigenvalue weighted by atomic mass is 19.4. The van der Waals surface area contributed by atoms with Crippen LogP contribution < -0.4 is 10.6 Å². The molecule has 2 amide bonds. The zero-order valence-electron chi connectivity index (χ0n) is 17.1. The fraction of sp³-hybridized carbons (Fsp3) is 0.368. The number of carbonyl (C=O) groups excluding carboxylic acids is 2. The number of carbonyl (C=O) groups is 2. The molecule has 0 unspecified atom stereocenters. The zero-order valence-corrected chi connectivity index (χ0v) is 17.1. The van der Waals surface area contributed by atoms with E-state index in [4.69, 9.17) is 0 Å². The first-order valence-corrected chi connectivity index (χ1v) is 9.81. The summed E-state index contributed by atoms with van der Waals surface area (Å²) in [6, 6.07) is 0.951. The Morgan fingerprint density at radius 1 is 1.12 bits per heavy atom. The van der Waals surface area contributed by atoms with Crippen LogP contribution in [-0.4, -0.2) is 48.6 Å². The number of nitrogens with zero attached hydrogens (tertiary/aromatic N) is 5. The van der Waals surface area contributed by atoms with Crippen LogP contribution in [-0.2, 0) is 21.5 Å². The maximum Gasteiger partial charge on any atom is 0.453 e. The van der Waals surface area contributed by atoms with E-state index in [2.05, 4.69) is 30.7 Å². The number of aromatic nitrogens is 5. The maximum absolute atomic E-state index is 13.9. The highest BCUT2D eigenvalue weighted by Crippen LogP contribution is 2.46. The van der Waals surface area contributed by atoms with E-state index < -0.39 is 48.1 Å². The topological polar surface area (TPSA) is 115 Å². The number of pyridine rings is 1. The van der Waals surface area contributed by atoms with Crippen LogP contribution >= 0.6 is 0 Å². The second kappa shape index (κ2) is 6.87. The van der Waals surface area contributed by atoms with Gasteiger partial charge < -0.3 is 10.6 Å². The molecule has 0 fully saturated rings. The Hall–Kier alpha value is -3.78. The van der Waals surface area contributed by atoms with Crippen LogP contribution in [0, 0.1) is 5.82 Å². The number of anilines is 2. The van der Waals surface area contributed by atoms with Gasteiger partial charge in [-0.3, -0.25) is 9.59 Å². The quantitative estimate of drug-likeness (QED) is 0.549. The van der Waals surface area contributed by atoms with E-state index in [0.717, 1.165) is 16.9 Å². The van der Waals surface area contributed by atoms with Gasteiger partial charge in [0.05, 0.1) is 22.6 Å². The molecule has 0 saturated carbocycles. The molecule has 0 bridgehead atoms. The van der Waals surface area contributed by atoms with E-state index in [0.29, 0.717) is 5.56 Å². The fourth-order valence-corrected chi connectivity index (χ4v) is 4.04. The van der Waals surface area contributed by atoms with Crippen molar-refractivity contribution in [3.63, 3.8) is 0 Å². The van der Waals surface area contributed by atoms with Crippen LogP contribution in [0.5, 0.6) is 0 Å². The van der Waals surface area contributed by atoms with Gasteiger partial charge in [0.25, 0.3) is 0 Å². The lowest BCUT2D eigenvalue weighted by Crippen LogP contribution is -2.39. The standard InChI is InChI=1S/C19H13F6N7O2/c1-17-5-9(33)27-12-10(17)13(30-16(17)34)29-14(28-12)11-8-4-7(20)6-26-15(8)32(31-11)3-2-18(21,22)19(23,24)25/h4,6H,2-3,5H2,1H3,(H2,27,28,29,30,33,34)/t17-/m1/s1. The van der Waals surface area contributed by atoms with E-state index >= 15 is 0 Å². The molecule has 2 aliphatic rings. The minimum atomic E-state index is -5.76.